The fourth-order valence-electron chi connectivity index (χ4n) is 1.85. The van der Waals surface area contributed by atoms with Gasteiger partial charge in [0.1, 0.15) is 5.75 Å². The molecule has 0 atom stereocenters. The average Bonchev–Trinajstić information content (AvgIpc) is 2.43. The molecule has 0 fully saturated rings. The Balaban J connectivity index is 2.16. The molecule has 0 saturated carbocycles. The highest BCUT2D eigenvalue weighted by Crippen LogP contribution is 2.16. The maximum atomic E-state index is 12.0. The minimum absolute atomic E-state index is 0.0707. The number of benzene rings is 1. The first kappa shape index (κ1) is 14.6. The molecule has 0 aliphatic rings. The number of phenolic OH excluding ortho intramolecular Hbond substituents is 1. The molecule has 1 amide bonds. The van der Waals surface area contributed by atoms with Crippen LogP contribution in [0.3, 0.4) is 0 Å². The standard InChI is InChI=1S/C15H16N4O2/c1-9-8-10(2)17-14(16-9)15(21)19-18-11(3)12-6-4-5-7-13(12)20/h4-8,20H,1-3H3,(H,19,21)/b18-11+. The molecule has 0 radical (unpaired) electrons. The van der Waals surface area contributed by atoms with Crippen LogP contribution < -0.4 is 5.43 Å². The van der Waals surface area contributed by atoms with Gasteiger partial charge in [-0.15, -0.1) is 0 Å². The van der Waals surface area contributed by atoms with E-state index in [2.05, 4.69) is 20.5 Å². The number of carbonyl (C=O) groups is 1. The summed E-state index contributed by atoms with van der Waals surface area (Å²) in [4.78, 5) is 20.1. The first-order valence-electron chi connectivity index (χ1n) is 6.42. The summed E-state index contributed by atoms with van der Waals surface area (Å²) in [6, 6.07) is 8.56. The maximum absolute atomic E-state index is 12.0. The van der Waals surface area contributed by atoms with Gasteiger partial charge in [-0.25, -0.2) is 15.4 Å². The van der Waals surface area contributed by atoms with Gasteiger partial charge in [0.05, 0.1) is 5.71 Å². The fourth-order valence-corrected chi connectivity index (χ4v) is 1.85. The largest absolute Gasteiger partial charge is 0.507 e. The highest BCUT2D eigenvalue weighted by atomic mass is 16.3. The van der Waals surface area contributed by atoms with Crippen LogP contribution in [0, 0.1) is 13.8 Å². The number of hydrazone groups is 1. The molecule has 2 rings (SSSR count). The molecule has 6 nitrogen and oxygen atoms in total. The van der Waals surface area contributed by atoms with E-state index in [4.69, 9.17) is 0 Å². The predicted molar refractivity (Wildman–Crippen MR) is 79.3 cm³/mol. The van der Waals surface area contributed by atoms with Gasteiger partial charge in [0, 0.05) is 17.0 Å². The SMILES string of the molecule is C/C(=N\NC(=O)c1nc(C)cc(C)n1)c1ccccc1O. The van der Waals surface area contributed by atoms with Gasteiger partial charge in [0.2, 0.25) is 5.82 Å². The van der Waals surface area contributed by atoms with Crippen LogP contribution in [-0.2, 0) is 0 Å². The van der Waals surface area contributed by atoms with Crippen molar-refractivity contribution < 1.29 is 9.90 Å². The molecule has 0 aliphatic carbocycles. The van der Waals surface area contributed by atoms with Crippen LogP contribution in [0.15, 0.2) is 35.4 Å². The molecular formula is C15H16N4O2. The topological polar surface area (TPSA) is 87.5 Å². The summed E-state index contributed by atoms with van der Waals surface area (Å²) >= 11 is 0. The maximum Gasteiger partial charge on any atom is 0.309 e. The first-order valence-corrected chi connectivity index (χ1v) is 6.42. The third-order valence-electron chi connectivity index (χ3n) is 2.80. The van der Waals surface area contributed by atoms with Crippen LogP contribution >= 0.6 is 0 Å². The zero-order valence-corrected chi connectivity index (χ0v) is 12.1. The molecule has 6 heteroatoms. The minimum Gasteiger partial charge on any atom is -0.507 e. The van der Waals surface area contributed by atoms with Gasteiger partial charge in [-0.3, -0.25) is 4.79 Å². The molecule has 0 aliphatic heterocycles. The van der Waals surface area contributed by atoms with Gasteiger partial charge < -0.3 is 5.11 Å². The summed E-state index contributed by atoms with van der Waals surface area (Å²) in [5.74, 6) is -0.312. The summed E-state index contributed by atoms with van der Waals surface area (Å²) in [6.07, 6.45) is 0. The summed E-state index contributed by atoms with van der Waals surface area (Å²) in [7, 11) is 0. The van der Waals surface area contributed by atoms with Crippen LogP contribution in [0.5, 0.6) is 5.75 Å². The van der Waals surface area contributed by atoms with Gasteiger partial charge >= 0.3 is 5.91 Å². The second-order valence-electron chi connectivity index (χ2n) is 4.63. The molecule has 0 spiro atoms. The number of carbonyl (C=O) groups excluding carboxylic acids is 1. The Morgan fingerprint density at radius 1 is 1.19 bits per heavy atom. The van der Waals surface area contributed by atoms with Gasteiger partial charge in [0.15, 0.2) is 0 Å². The Morgan fingerprint density at radius 3 is 2.43 bits per heavy atom. The Hall–Kier alpha value is -2.76. The van der Waals surface area contributed by atoms with Crippen molar-refractivity contribution in [1.82, 2.24) is 15.4 Å². The molecule has 2 aromatic rings. The number of aromatic hydroxyl groups is 1. The number of hydrogen-bond donors (Lipinski definition) is 2. The summed E-state index contributed by atoms with van der Waals surface area (Å²) in [6.45, 7) is 5.28. The van der Waals surface area contributed by atoms with Crippen LogP contribution in [0.25, 0.3) is 0 Å². The first-order chi connectivity index (χ1) is 9.97. The van der Waals surface area contributed by atoms with Gasteiger partial charge in [-0.05, 0) is 39.0 Å². The highest BCUT2D eigenvalue weighted by Gasteiger charge is 2.10. The van der Waals surface area contributed by atoms with E-state index >= 15 is 0 Å². The molecule has 108 valence electrons. The van der Waals surface area contributed by atoms with E-state index in [-0.39, 0.29) is 11.6 Å². The number of aryl methyl sites for hydroxylation is 2. The van der Waals surface area contributed by atoms with Crippen molar-refractivity contribution in [3.05, 3.63) is 53.1 Å². The second-order valence-corrected chi connectivity index (χ2v) is 4.63. The highest BCUT2D eigenvalue weighted by molar-refractivity contribution is 6.02. The zero-order valence-electron chi connectivity index (χ0n) is 12.1. The van der Waals surface area contributed by atoms with E-state index < -0.39 is 5.91 Å². The minimum atomic E-state index is -0.489. The van der Waals surface area contributed by atoms with E-state index in [0.29, 0.717) is 22.7 Å². The van der Waals surface area contributed by atoms with Crippen molar-refractivity contribution in [2.24, 2.45) is 5.10 Å². The Bertz CT molecular complexity index is 690. The van der Waals surface area contributed by atoms with E-state index in [1.165, 1.54) is 0 Å². The lowest BCUT2D eigenvalue weighted by atomic mass is 10.1. The molecule has 1 heterocycles. The van der Waals surface area contributed by atoms with Gasteiger partial charge in [-0.1, -0.05) is 12.1 Å². The van der Waals surface area contributed by atoms with E-state index in [9.17, 15) is 9.90 Å². The molecule has 0 bridgehead atoms. The van der Waals surface area contributed by atoms with E-state index in [1.807, 2.05) is 0 Å². The second kappa shape index (κ2) is 6.13. The number of phenols is 1. The van der Waals surface area contributed by atoms with Crippen LogP contribution in [-0.4, -0.2) is 26.7 Å². The monoisotopic (exact) mass is 284 g/mol. The van der Waals surface area contributed by atoms with Crippen LogP contribution in [0.4, 0.5) is 0 Å². The number of amides is 1. The third-order valence-corrected chi connectivity index (χ3v) is 2.80. The Labute approximate surface area is 122 Å². The number of hydrogen-bond acceptors (Lipinski definition) is 5. The van der Waals surface area contributed by atoms with Crippen LogP contribution in [0.1, 0.15) is 34.5 Å². The molecule has 1 aromatic carbocycles. The normalized spacial score (nSPS) is 11.3. The summed E-state index contributed by atoms with van der Waals surface area (Å²) in [5.41, 5.74) is 4.87. The number of nitrogens with one attached hydrogen (secondary N) is 1. The third kappa shape index (κ3) is 3.62. The number of nitrogens with zero attached hydrogens (tertiary/aromatic N) is 3. The van der Waals surface area contributed by atoms with Crippen molar-refractivity contribution in [2.45, 2.75) is 20.8 Å². The zero-order chi connectivity index (χ0) is 15.4. The quantitative estimate of drug-likeness (QED) is 0.666. The van der Waals surface area contributed by atoms with Crippen LogP contribution in [0.2, 0.25) is 0 Å². The van der Waals surface area contributed by atoms with Crippen molar-refractivity contribution in [2.75, 3.05) is 0 Å². The van der Waals surface area contributed by atoms with Crippen molar-refractivity contribution in [3.8, 4) is 5.75 Å². The average molecular weight is 284 g/mol. The van der Waals surface area contributed by atoms with Gasteiger partial charge in [-0.2, -0.15) is 5.10 Å². The molecular weight excluding hydrogens is 268 g/mol. The molecule has 1 aromatic heterocycles. The Morgan fingerprint density at radius 2 is 1.81 bits per heavy atom. The molecule has 0 saturated heterocycles. The number of para-hydroxylation sites is 1. The molecule has 0 unspecified atom stereocenters. The fraction of sp³-hybridized carbons (Fsp3) is 0.200. The lowest BCUT2D eigenvalue weighted by molar-refractivity contribution is 0.0944. The van der Waals surface area contributed by atoms with Gasteiger partial charge in [0.25, 0.3) is 0 Å². The van der Waals surface area contributed by atoms with Crippen molar-refractivity contribution in [1.29, 1.82) is 0 Å². The molecule has 2 N–H and O–H groups in total. The van der Waals surface area contributed by atoms with E-state index in [0.717, 1.165) is 0 Å². The van der Waals surface area contributed by atoms with E-state index in [1.54, 1.807) is 51.1 Å². The summed E-state index contributed by atoms with van der Waals surface area (Å²) in [5, 5.41) is 13.7. The Kier molecular flexibility index (Phi) is 4.27. The molecule has 21 heavy (non-hydrogen) atoms. The van der Waals surface area contributed by atoms with Crippen molar-refractivity contribution in [3.63, 3.8) is 0 Å². The number of aromatic nitrogens is 2. The lowest BCUT2D eigenvalue weighted by Crippen LogP contribution is -2.22. The lowest BCUT2D eigenvalue weighted by Gasteiger charge is -2.05. The smallest absolute Gasteiger partial charge is 0.309 e. The van der Waals surface area contributed by atoms with Crippen molar-refractivity contribution >= 4 is 11.6 Å². The summed E-state index contributed by atoms with van der Waals surface area (Å²) < 4.78 is 0. The number of rotatable bonds is 3. The predicted octanol–water partition coefficient (Wildman–Crippen LogP) is 1.95.